The predicted molar refractivity (Wildman–Crippen MR) is 59.6 cm³/mol. The molecule has 1 aliphatic carbocycles. The lowest BCUT2D eigenvalue weighted by Gasteiger charge is -2.27. The van der Waals surface area contributed by atoms with Crippen LogP contribution < -0.4 is 0 Å². The molecule has 0 radical (unpaired) electrons. The molecule has 0 aromatic heterocycles. The minimum atomic E-state index is 0.709. The first-order valence-electron chi connectivity index (χ1n) is 5.75. The lowest BCUT2D eigenvalue weighted by atomic mass is 9.78. The van der Waals surface area contributed by atoms with Crippen LogP contribution in [0.15, 0.2) is 12.2 Å². The highest BCUT2D eigenvalue weighted by molar-refractivity contribution is 5.01. The second-order valence-corrected chi connectivity index (χ2v) is 4.86. The maximum Gasteiger partial charge on any atom is -0.0206 e. The van der Waals surface area contributed by atoms with Gasteiger partial charge in [0.1, 0.15) is 0 Å². The van der Waals surface area contributed by atoms with Gasteiger partial charge in [-0.2, -0.15) is 0 Å². The highest BCUT2D eigenvalue weighted by Gasteiger charge is 2.33. The molecule has 0 heteroatoms. The summed E-state index contributed by atoms with van der Waals surface area (Å²) in [7, 11) is 0. The molecule has 1 saturated carbocycles. The number of allylic oxidation sites excluding steroid dienone is 1. The van der Waals surface area contributed by atoms with E-state index in [0.717, 1.165) is 24.2 Å². The van der Waals surface area contributed by atoms with Crippen molar-refractivity contribution in [1.29, 1.82) is 0 Å². The van der Waals surface area contributed by atoms with Crippen LogP contribution in [0.1, 0.15) is 47.0 Å². The average molecular weight is 180 g/mol. The lowest BCUT2D eigenvalue weighted by molar-refractivity contribution is 0.277. The number of hydrogen-bond acceptors (Lipinski definition) is 0. The van der Waals surface area contributed by atoms with Gasteiger partial charge in [-0.25, -0.2) is 0 Å². The molecule has 0 aromatic rings. The Balaban J connectivity index is 2.44. The molecule has 0 heterocycles. The molecule has 1 rings (SSSR count). The van der Waals surface area contributed by atoms with E-state index in [1.54, 1.807) is 0 Å². The first-order valence-corrected chi connectivity index (χ1v) is 5.75. The highest BCUT2D eigenvalue weighted by atomic mass is 14.4. The third-order valence-electron chi connectivity index (χ3n) is 4.08. The van der Waals surface area contributed by atoms with E-state index in [1.807, 2.05) is 0 Å². The van der Waals surface area contributed by atoms with Crippen LogP contribution in [-0.2, 0) is 0 Å². The number of rotatable bonds is 5. The van der Waals surface area contributed by atoms with Gasteiger partial charge < -0.3 is 0 Å². The second kappa shape index (κ2) is 4.30. The minimum absolute atomic E-state index is 0.709. The summed E-state index contributed by atoms with van der Waals surface area (Å²) in [5, 5.41) is 0. The molecule has 0 aromatic carbocycles. The fourth-order valence-electron chi connectivity index (χ4n) is 2.20. The van der Waals surface area contributed by atoms with Crippen LogP contribution in [0.4, 0.5) is 0 Å². The smallest absolute Gasteiger partial charge is 0.0206 e. The summed E-state index contributed by atoms with van der Waals surface area (Å²) >= 11 is 0. The summed E-state index contributed by atoms with van der Waals surface area (Å²) in [5.74, 6) is 3.46. The third kappa shape index (κ3) is 2.59. The molecule has 3 unspecified atom stereocenters. The molecule has 0 bridgehead atoms. The molecule has 0 amide bonds. The second-order valence-electron chi connectivity index (χ2n) is 4.86. The van der Waals surface area contributed by atoms with Gasteiger partial charge in [0.2, 0.25) is 0 Å². The number of hydrogen-bond donors (Lipinski definition) is 0. The molecule has 1 fully saturated rings. The molecule has 0 N–H and O–H groups in total. The van der Waals surface area contributed by atoms with Crippen molar-refractivity contribution in [1.82, 2.24) is 0 Å². The van der Waals surface area contributed by atoms with Gasteiger partial charge in [0.25, 0.3) is 0 Å². The quantitative estimate of drug-likeness (QED) is 0.554. The summed E-state index contributed by atoms with van der Waals surface area (Å²) in [6.45, 7) is 13.5. The van der Waals surface area contributed by atoms with Crippen molar-refractivity contribution < 1.29 is 0 Å². The Morgan fingerprint density at radius 2 is 1.85 bits per heavy atom. The van der Waals surface area contributed by atoms with Crippen molar-refractivity contribution in [3.05, 3.63) is 12.2 Å². The zero-order valence-corrected chi connectivity index (χ0v) is 9.64. The lowest BCUT2D eigenvalue weighted by Crippen LogP contribution is -2.19. The monoisotopic (exact) mass is 180 g/mol. The first kappa shape index (κ1) is 10.8. The van der Waals surface area contributed by atoms with Crippen LogP contribution in [0.5, 0.6) is 0 Å². The highest BCUT2D eigenvalue weighted by Crippen LogP contribution is 2.43. The van der Waals surface area contributed by atoms with E-state index in [0.29, 0.717) is 5.92 Å². The fraction of sp³-hybridized carbons (Fsp3) is 0.846. The van der Waals surface area contributed by atoms with E-state index in [4.69, 9.17) is 0 Å². The third-order valence-corrected chi connectivity index (χ3v) is 4.08. The maximum absolute atomic E-state index is 4.16. The van der Waals surface area contributed by atoms with Crippen LogP contribution in [0.25, 0.3) is 0 Å². The summed E-state index contributed by atoms with van der Waals surface area (Å²) in [6.07, 6.45) is 4.08. The van der Waals surface area contributed by atoms with Gasteiger partial charge in [0, 0.05) is 0 Å². The molecular weight excluding hydrogens is 156 g/mol. The largest absolute Gasteiger partial charge is 0.0996 e. The van der Waals surface area contributed by atoms with Crippen LogP contribution in [0.3, 0.4) is 0 Å². The van der Waals surface area contributed by atoms with Crippen LogP contribution in [0, 0.1) is 23.7 Å². The summed E-state index contributed by atoms with van der Waals surface area (Å²) in [6, 6.07) is 0. The maximum atomic E-state index is 4.16. The van der Waals surface area contributed by atoms with Gasteiger partial charge >= 0.3 is 0 Å². The predicted octanol–water partition coefficient (Wildman–Crippen LogP) is 4.27. The molecule has 0 aliphatic heterocycles. The molecule has 0 saturated heterocycles. The van der Waals surface area contributed by atoms with Gasteiger partial charge in [-0.05, 0) is 42.9 Å². The molecule has 13 heavy (non-hydrogen) atoms. The van der Waals surface area contributed by atoms with E-state index < -0.39 is 0 Å². The van der Waals surface area contributed by atoms with Crippen LogP contribution >= 0.6 is 0 Å². The molecule has 1 aliphatic rings. The van der Waals surface area contributed by atoms with Gasteiger partial charge in [0.05, 0.1) is 0 Å². The SMILES string of the molecule is C=C(CC)C(C)C(C)C(C)C1CC1. The normalized spacial score (nSPS) is 23.7. The van der Waals surface area contributed by atoms with Gasteiger partial charge in [0.15, 0.2) is 0 Å². The minimum Gasteiger partial charge on any atom is -0.0996 e. The Hall–Kier alpha value is -0.260. The van der Waals surface area contributed by atoms with E-state index >= 15 is 0 Å². The van der Waals surface area contributed by atoms with Gasteiger partial charge in [-0.3, -0.25) is 0 Å². The zero-order valence-electron chi connectivity index (χ0n) is 9.64. The van der Waals surface area contributed by atoms with E-state index in [1.165, 1.54) is 18.4 Å². The molecule has 3 atom stereocenters. The van der Waals surface area contributed by atoms with Crippen molar-refractivity contribution in [3.63, 3.8) is 0 Å². The standard InChI is InChI=1S/C13H24/c1-6-9(2)10(3)11(4)12(5)13-7-8-13/h10-13H,2,6-8H2,1,3-5H3. The topological polar surface area (TPSA) is 0 Å². The average Bonchev–Trinajstić information content (AvgIpc) is 2.96. The van der Waals surface area contributed by atoms with Crippen molar-refractivity contribution in [2.75, 3.05) is 0 Å². The molecular formula is C13H24. The van der Waals surface area contributed by atoms with Crippen LogP contribution in [-0.4, -0.2) is 0 Å². The summed E-state index contributed by atoms with van der Waals surface area (Å²) in [4.78, 5) is 0. The summed E-state index contributed by atoms with van der Waals surface area (Å²) < 4.78 is 0. The Morgan fingerprint density at radius 1 is 1.31 bits per heavy atom. The van der Waals surface area contributed by atoms with Gasteiger partial charge in [-0.15, -0.1) is 0 Å². The van der Waals surface area contributed by atoms with Crippen molar-refractivity contribution >= 4 is 0 Å². The van der Waals surface area contributed by atoms with E-state index in [2.05, 4.69) is 34.3 Å². The zero-order chi connectivity index (χ0) is 10.0. The Kier molecular flexibility index (Phi) is 3.58. The van der Waals surface area contributed by atoms with E-state index in [-0.39, 0.29) is 0 Å². The fourth-order valence-corrected chi connectivity index (χ4v) is 2.20. The van der Waals surface area contributed by atoms with Crippen molar-refractivity contribution in [3.8, 4) is 0 Å². The Labute approximate surface area is 83.4 Å². The first-order chi connectivity index (χ1) is 6.07. The van der Waals surface area contributed by atoms with Crippen LogP contribution in [0.2, 0.25) is 0 Å². The summed E-state index contributed by atoms with van der Waals surface area (Å²) in [5.41, 5.74) is 1.43. The van der Waals surface area contributed by atoms with Crippen molar-refractivity contribution in [2.45, 2.75) is 47.0 Å². The molecule has 0 nitrogen and oxygen atoms in total. The Bertz CT molecular complexity index is 176. The van der Waals surface area contributed by atoms with Gasteiger partial charge in [-0.1, -0.05) is 39.8 Å². The molecule has 0 spiro atoms. The molecule has 76 valence electrons. The Morgan fingerprint density at radius 3 is 2.23 bits per heavy atom. The van der Waals surface area contributed by atoms with E-state index in [9.17, 15) is 0 Å². The van der Waals surface area contributed by atoms with Crippen molar-refractivity contribution in [2.24, 2.45) is 23.7 Å².